The van der Waals surface area contributed by atoms with Crippen LogP contribution in [-0.4, -0.2) is 73.8 Å². The number of hydrogen-bond acceptors (Lipinski definition) is 11. The first-order valence-electron chi connectivity index (χ1n) is 16.6. The van der Waals surface area contributed by atoms with E-state index in [0.717, 1.165) is 11.1 Å². The fourth-order valence-corrected chi connectivity index (χ4v) is 7.11. The summed E-state index contributed by atoms with van der Waals surface area (Å²) in [6, 6.07) is 18.9. The highest BCUT2D eigenvalue weighted by Crippen LogP contribution is 2.46. The summed E-state index contributed by atoms with van der Waals surface area (Å²) in [5.74, 6) is -2.42. The van der Waals surface area contributed by atoms with Crippen LogP contribution in [0.1, 0.15) is 85.5 Å². The predicted molar refractivity (Wildman–Crippen MR) is 184 cm³/mol. The van der Waals surface area contributed by atoms with Gasteiger partial charge in [-0.3, -0.25) is 14.4 Å². The molecule has 11 heteroatoms. The van der Waals surface area contributed by atoms with Crippen molar-refractivity contribution >= 4 is 29.2 Å². The standard InChI is InChI=1S/C40H36O11/c1-19-34(43)38(47)39(48)40(49-19)51-30-17-28-33(36(45)27(30)15-21-6-5-7-22(14-21)18-41)35(44)26-12-13-29(50-20(2)42)31(32(26)37(28)46)25-11-10-23-8-3-4-9-24(23)16-25/h3-9,12-14,16-17,19,34,38-41,43,45,47-48H,10-11,15,18H2,1-2H3. The summed E-state index contributed by atoms with van der Waals surface area (Å²) in [6.07, 6.45) is -4.20. The molecule has 1 heterocycles. The van der Waals surface area contributed by atoms with Crippen molar-refractivity contribution in [1.29, 1.82) is 0 Å². The Morgan fingerprint density at radius 1 is 0.824 bits per heavy atom. The third-order valence-electron chi connectivity index (χ3n) is 9.71. The number of aliphatic hydroxyl groups is 4. The topological polar surface area (TPSA) is 180 Å². The molecule has 1 aliphatic heterocycles. The molecule has 0 saturated carbocycles. The molecule has 11 nitrogen and oxygen atoms in total. The minimum absolute atomic E-state index is 0.00625. The fraction of sp³-hybridized carbons (Fsp3) is 0.275. The van der Waals surface area contributed by atoms with Gasteiger partial charge in [0.15, 0.2) is 11.6 Å². The van der Waals surface area contributed by atoms with Crippen LogP contribution in [0.2, 0.25) is 0 Å². The van der Waals surface area contributed by atoms with Crippen molar-refractivity contribution in [3.05, 3.63) is 122 Å². The van der Waals surface area contributed by atoms with Crippen LogP contribution in [0.5, 0.6) is 17.2 Å². The number of ketones is 2. The predicted octanol–water partition coefficient (Wildman–Crippen LogP) is 3.87. The van der Waals surface area contributed by atoms with E-state index in [-0.39, 0.29) is 52.3 Å². The van der Waals surface area contributed by atoms with Crippen molar-refractivity contribution < 1.29 is 54.1 Å². The zero-order valence-corrected chi connectivity index (χ0v) is 27.8. The Morgan fingerprint density at radius 3 is 2.33 bits per heavy atom. The summed E-state index contributed by atoms with van der Waals surface area (Å²) in [4.78, 5) is 41.3. The van der Waals surface area contributed by atoms with Crippen LogP contribution in [0.25, 0.3) is 11.6 Å². The van der Waals surface area contributed by atoms with Crippen LogP contribution in [0.4, 0.5) is 0 Å². The Bertz CT molecular complexity index is 2120. The second kappa shape index (κ2) is 13.5. The maximum Gasteiger partial charge on any atom is 0.308 e. The lowest BCUT2D eigenvalue weighted by Crippen LogP contribution is -2.58. The highest BCUT2D eigenvalue weighted by atomic mass is 16.7. The maximum atomic E-state index is 14.7. The van der Waals surface area contributed by atoms with Crippen LogP contribution in [-0.2, 0) is 29.0 Å². The van der Waals surface area contributed by atoms with Gasteiger partial charge in [-0.1, -0.05) is 54.6 Å². The average Bonchev–Trinajstić information content (AvgIpc) is 3.12. The Balaban J connectivity index is 1.41. The number of aromatic hydroxyl groups is 1. The lowest BCUT2D eigenvalue weighted by molar-refractivity contribution is -0.268. The van der Waals surface area contributed by atoms with E-state index in [4.69, 9.17) is 14.2 Å². The smallest absolute Gasteiger partial charge is 0.308 e. The summed E-state index contributed by atoms with van der Waals surface area (Å²) in [6.45, 7) is 2.49. The first kappa shape index (κ1) is 34.3. The molecule has 0 bridgehead atoms. The van der Waals surface area contributed by atoms with Crippen molar-refractivity contribution in [2.75, 3.05) is 0 Å². The van der Waals surface area contributed by atoms with Crippen molar-refractivity contribution in [1.82, 2.24) is 0 Å². The second-order valence-electron chi connectivity index (χ2n) is 13.1. The summed E-state index contributed by atoms with van der Waals surface area (Å²) in [5.41, 5.74) is 3.91. The number of phenolic OH excluding ortho intramolecular Hbond substituents is 1. The van der Waals surface area contributed by atoms with E-state index in [2.05, 4.69) is 0 Å². The molecule has 262 valence electrons. The molecule has 5 atom stereocenters. The van der Waals surface area contributed by atoms with Crippen LogP contribution >= 0.6 is 0 Å². The van der Waals surface area contributed by atoms with E-state index in [1.807, 2.05) is 30.3 Å². The van der Waals surface area contributed by atoms with E-state index >= 15 is 0 Å². The molecule has 0 radical (unpaired) electrons. The first-order chi connectivity index (χ1) is 24.5. The minimum Gasteiger partial charge on any atom is -0.507 e. The van der Waals surface area contributed by atoms with Crippen molar-refractivity contribution in [3.63, 3.8) is 0 Å². The van der Waals surface area contributed by atoms with Gasteiger partial charge in [0.1, 0.15) is 35.6 Å². The SMILES string of the molecule is CC(=O)Oc1ccc2c(c1C1=Cc3ccccc3CC1)C(=O)c1cc(OC3OC(C)C(O)C(O)C3O)c(Cc3cccc(CO)c3)c(O)c1C2=O. The molecule has 4 aromatic carbocycles. The zero-order chi connectivity index (χ0) is 36.1. The highest BCUT2D eigenvalue weighted by molar-refractivity contribution is 6.31. The number of aliphatic hydroxyl groups excluding tert-OH is 4. The molecule has 51 heavy (non-hydrogen) atoms. The number of esters is 1. The van der Waals surface area contributed by atoms with E-state index in [0.29, 0.717) is 35.1 Å². The number of carbonyl (C=O) groups is 3. The molecule has 2 aliphatic carbocycles. The molecule has 1 saturated heterocycles. The molecule has 0 amide bonds. The van der Waals surface area contributed by atoms with Crippen molar-refractivity contribution in [2.24, 2.45) is 0 Å². The summed E-state index contributed by atoms with van der Waals surface area (Å²) in [5, 5.41) is 53.2. The van der Waals surface area contributed by atoms with Crippen molar-refractivity contribution in [2.45, 2.75) is 70.4 Å². The quantitative estimate of drug-likeness (QED) is 0.123. The Kier molecular flexibility index (Phi) is 9.09. The van der Waals surface area contributed by atoms with Gasteiger partial charge in [-0.05, 0) is 65.8 Å². The number of allylic oxidation sites excluding steroid dienone is 1. The highest BCUT2D eigenvalue weighted by Gasteiger charge is 2.44. The minimum atomic E-state index is -1.71. The average molecular weight is 693 g/mol. The number of fused-ring (bicyclic) bond motifs is 3. The van der Waals surface area contributed by atoms with Crippen LogP contribution in [0.3, 0.4) is 0 Å². The number of rotatable bonds is 7. The lowest BCUT2D eigenvalue weighted by Gasteiger charge is -2.39. The number of hydrogen-bond donors (Lipinski definition) is 5. The first-order valence-corrected chi connectivity index (χ1v) is 16.6. The van der Waals surface area contributed by atoms with Gasteiger partial charge < -0.3 is 39.7 Å². The Labute approximate surface area is 293 Å². The Hall–Kier alpha value is -5.17. The van der Waals surface area contributed by atoms with Gasteiger partial charge in [-0.15, -0.1) is 0 Å². The largest absolute Gasteiger partial charge is 0.507 e. The van der Waals surface area contributed by atoms with Gasteiger partial charge in [0.25, 0.3) is 0 Å². The number of ether oxygens (including phenoxy) is 3. The van der Waals surface area contributed by atoms with Gasteiger partial charge in [0.05, 0.1) is 18.3 Å². The number of phenols is 1. The van der Waals surface area contributed by atoms with Gasteiger partial charge in [-0.2, -0.15) is 0 Å². The van der Waals surface area contributed by atoms with Crippen LogP contribution in [0.15, 0.2) is 66.7 Å². The molecule has 5 unspecified atom stereocenters. The molecule has 1 fully saturated rings. The summed E-state index contributed by atoms with van der Waals surface area (Å²) in [7, 11) is 0. The normalized spacial score (nSPS) is 22.4. The second-order valence-corrected chi connectivity index (χ2v) is 13.1. The molecule has 7 rings (SSSR count). The lowest BCUT2D eigenvalue weighted by atomic mass is 9.77. The third-order valence-corrected chi connectivity index (χ3v) is 9.71. The molecule has 0 aromatic heterocycles. The van der Waals surface area contributed by atoms with E-state index in [1.165, 1.54) is 32.0 Å². The van der Waals surface area contributed by atoms with Gasteiger partial charge in [0.2, 0.25) is 6.29 Å². The fourth-order valence-electron chi connectivity index (χ4n) is 7.11. The molecular weight excluding hydrogens is 656 g/mol. The van der Waals surface area contributed by atoms with E-state index in [9.17, 15) is 39.9 Å². The molecule has 3 aliphatic rings. The summed E-state index contributed by atoms with van der Waals surface area (Å²) < 4.78 is 17.4. The number of aryl methyl sites for hydroxylation is 1. The van der Waals surface area contributed by atoms with Crippen molar-refractivity contribution in [3.8, 4) is 17.2 Å². The number of benzene rings is 4. The maximum absolute atomic E-state index is 14.7. The summed E-state index contributed by atoms with van der Waals surface area (Å²) >= 11 is 0. The van der Waals surface area contributed by atoms with E-state index < -0.39 is 54.0 Å². The molecule has 4 aromatic rings. The Morgan fingerprint density at radius 2 is 1.57 bits per heavy atom. The monoisotopic (exact) mass is 692 g/mol. The molecule has 0 spiro atoms. The van der Waals surface area contributed by atoms with Gasteiger partial charge >= 0.3 is 5.97 Å². The van der Waals surface area contributed by atoms with Gasteiger partial charge in [-0.25, -0.2) is 0 Å². The third kappa shape index (κ3) is 6.13. The molecule has 5 N–H and O–H groups in total. The van der Waals surface area contributed by atoms with Crippen LogP contribution < -0.4 is 9.47 Å². The van der Waals surface area contributed by atoms with E-state index in [1.54, 1.807) is 24.3 Å². The van der Waals surface area contributed by atoms with Crippen LogP contribution in [0, 0.1) is 0 Å². The zero-order valence-electron chi connectivity index (χ0n) is 27.8. The molecular formula is C40H36O11. The van der Waals surface area contributed by atoms with Gasteiger partial charge in [0, 0.05) is 41.2 Å². The number of carbonyl (C=O) groups excluding carboxylic acids is 3.